The molecule has 0 fully saturated rings. The minimum Gasteiger partial charge on any atom is -0.363 e. The van der Waals surface area contributed by atoms with Crippen LogP contribution in [0.15, 0.2) is 122 Å². The monoisotopic (exact) mass is 375 g/mol. The molecule has 4 aromatic rings. The molecule has 142 valence electrons. The maximum atomic E-state index is 4.29. The summed E-state index contributed by atoms with van der Waals surface area (Å²) in [6, 6.07) is 40.4. The number of hydrogen-bond acceptors (Lipinski definition) is 1. The lowest BCUT2D eigenvalue weighted by Crippen LogP contribution is -2.22. The Hall–Kier alpha value is -3.58. The first kappa shape index (κ1) is 18.8. The molecule has 0 aliphatic carbocycles. The highest BCUT2D eigenvalue weighted by atomic mass is 15.1. The molecule has 0 saturated carbocycles. The highest BCUT2D eigenvalue weighted by Gasteiger charge is 2.10. The predicted octanol–water partition coefficient (Wildman–Crippen LogP) is 6.95. The van der Waals surface area contributed by atoms with Crippen LogP contribution in [0.1, 0.15) is 22.3 Å². The molecule has 0 bridgehead atoms. The minimum atomic E-state index is 0.870. The Morgan fingerprint density at radius 1 is 0.517 bits per heavy atom. The van der Waals surface area contributed by atoms with E-state index in [0.29, 0.717) is 0 Å². The van der Waals surface area contributed by atoms with Gasteiger partial charge in [0, 0.05) is 18.8 Å². The third-order valence-electron chi connectivity index (χ3n) is 5.14. The molecule has 1 nitrogen and oxygen atoms in total. The molecule has 0 heterocycles. The largest absolute Gasteiger partial charge is 0.363 e. The van der Waals surface area contributed by atoms with Crippen LogP contribution in [-0.2, 0) is 13.1 Å². The highest BCUT2D eigenvalue weighted by molar-refractivity contribution is 5.78. The number of rotatable bonds is 7. The summed E-state index contributed by atoms with van der Waals surface area (Å²) in [6.07, 6.45) is 0. The maximum absolute atomic E-state index is 4.29. The molecule has 0 aromatic heterocycles. The SMILES string of the molecule is C=C(c1ccccc1)c1ccc(N(Cc2ccccc2)Cc2ccccc2)cc1. The van der Waals surface area contributed by atoms with Crippen molar-refractivity contribution in [2.75, 3.05) is 4.90 Å². The molecule has 1 heteroatoms. The first-order valence-corrected chi connectivity index (χ1v) is 9.97. The average molecular weight is 376 g/mol. The summed E-state index contributed by atoms with van der Waals surface area (Å²) >= 11 is 0. The Morgan fingerprint density at radius 2 is 0.931 bits per heavy atom. The summed E-state index contributed by atoms with van der Waals surface area (Å²) < 4.78 is 0. The van der Waals surface area contributed by atoms with E-state index in [0.717, 1.165) is 29.8 Å². The Kier molecular flexibility index (Phi) is 5.87. The van der Waals surface area contributed by atoms with Gasteiger partial charge in [0.1, 0.15) is 0 Å². The Balaban J connectivity index is 1.59. The molecule has 4 aromatic carbocycles. The number of benzene rings is 4. The van der Waals surface area contributed by atoms with E-state index in [1.165, 1.54) is 16.8 Å². The topological polar surface area (TPSA) is 3.24 Å². The van der Waals surface area contributed by atoms with Crippen molar-refractivity contribution < 1.29 is 0 Å². The van der Waals surface area contributed by atoms with Gasteiger partial charge in [-0.2, -0.15) is 0 Å². The lowest BCUT2D eigenvalue weighted by molar-refractivity contribution is 0.800. The molecular formula is C28H25N. The fourth-order valence-electron chi connectivity index (χ4n) is 3.53. The van der Waals surface area contributed by atoms with Crippen LogP contribution in [0.4, 0.5) is 5.69 Å². The summed E-state index contributed by atoms with van der Waals surface area (Å²) in [5, 5.41) is 0. The highest BCUT2D eigenvalue weighted by Crippen LogP contribution is 2.26. The van der Waals surface area contributed by atoms with Crippen molar-refractivity contribution in [3.63, 3.8) is 0 Å². The molecule has 0 atom stereocenters. The van der Waals surface area contributed by atoms with Gasteiger partial charge in [0.25, 0.3) is 0 Å². The second-order valence-corrected chi connectivity index (χ2v) is 7.22. The van der Waals surface area contributed by atoms with Crippen molar-refractivity contribution in [1.29, 1.82) is 0 Å². The lowest BCUT2D eigenvalue weighted by Gasteiger charge is -2.25. The molecule has 4 rings (SSSR count). The van der Waals surface area contributed by atoms with E-state index in [-0.39, 0.29) is 0 Å². The number of anilines is 1. The lowest BCUT2D eigenvalue weighted by atomic mass is 9.99. The van der Waals surface area contributed by atoms with E-state index in [2.05, 4.69) is 121 Å². The second-order valence-electron chi connectivity index (χ2n) is 7.22. The summed E-state index contributed by atoms with van der Waals surface area (Å²) in [7, 11) is 0. The molecule has 0 spiro atoms. The summed E-state index contributed by atoms with van der Waals surface area (Å²) in [4.78, 5) is 2.42. The van der Waals surface area contributed by atoms with Crippen molar-refractivity contribution in [2.45, 2.75) is 13.1 Å². The van der Waals surface area contributed by atoms with Gasteiger partial charge in [-0.3, -0.25) is 0 Å². The first-order valence-electron chi connectivity index (χ1n) is 9.97. The van der Waals surface area contributed by atoms with E-state index in [1.54, 1.807) is 0 Å². The second kappa shape index (κ2) is 9.07. The van der Waals surface area contributed by atoms with E-state index in [9.17, 15) is 0 Å². The maximum Gasteiger partial charge on any atom is 0.0433 e. The van der Waals surface area contributed by atoms with E-state index >= 15 is 0 Å². The molecule has 29 heavy (non-hydrogen) atoms. The van der Waals surface area contributed by atoms with Gasteiger partial charge < -0.3 is 4.90 Å². The third-order valence-corrected chi connectivity index (χ3v) is 5.14. The van der Waals surface area contributed by atoms with E-state index in [1.807, 2.05) is 6.07 Å². The Labute approximate surface area is 173 Å². The molecule has 0 unspecified atom stereocenters. The van der Waals surface area contributed by atoms with Crippen molar-refractivity contribution in [1.82, 2.24) is 0 Å². The van der Waals surface area contributed by atoms with Gasteiger partial charge in [0.2, 0.25) is 0 Å². The van der Waals surface area contributed by atoms with Crippen LogP contribution in [-0.4, -0.2) is 0 Å². The van der Waals surface area contributed by atoms with Gasteiger partial charge in [-0.25, -0.2) is 0 Å². The van der Waals surface area contributed by atoms with Crippen LogP contribution in [0.2, 0.25) is 0 Å². The predicted molar refractivity (Wildman–Crippen MR) is 124 cm³/mol. The molecule has 0 aliphatic heterocycles. The number of hydrogen-bond donors (Lipinski definition) is 0. The zero-order valence-corrected chi connectivity index (χ0v) is 16.5. The van der Waals surface area contributed by atoms with Crippen molar-refractivity contribution >= 4 is 11.3 Å². The van der Waals surface area contributed by atoms with E-state index < -0.39 is 0 Å². The fraction of sp³-hybridized carbons (Fsp3) is 0.0714. The van der Waals surface area contributed by atoms with Crippen LogP contribution in [0.25, 0.3) is 5.57 Å². The molecule has 0 saturated heterocycles. The summed E-state index contributed by atoms with van der Waals surface area (Å²) in [5.41, 5.74) is 7.18. The first-order chi connectivity index (χ1) is 14.3. The van der Waals surface area contributed by atoms with Crippen LogP contribution < -0.4 is 4.90 Å². The van der Waals surface area contributed by atoms with Crippen LogP contribution in [0.3, 0.4) is 0 Å². The molecular weight excluding hydrogens is 350 g/mol. The summed E-state index contributed by atoms with van der Waals surface area (Å²) in [5.74, 6) is 0. The molecule has 0 N–H and O–H groups in total. The normalized spacial score (nSPS) is 10.5. The Morgan fingerprint density at radius 3 is 1.41 bits per heavy atom. The van der Waals surface area contributed by atoms with Gasteiger partial charge in [0.05, 0.1) is 0 Å². The van der Waals surface area contributed by atoms with E-state index in [4.69, 9.17) is 0 Å². The fourth-order valence-corrected chi connectivity index (χ4v) is 3.53. The third kappa shape index (κ3) is 4.83. The Bertz CT molecular complexity index is 994. The quantitative estimate of drug-likeness (QED) is 0.338. The molecule has 0 aliphatic rings. The van der Waals surface area contributed by atoms with Gasteiger partial charge in [0.15, 0.2) is 0 Å². The van der Waals surface area contributed by atoms with Crippen molar-refractivity contribution in [3.8, 4) is 0 Å². The molecule has 0 radical (unpaired) electrons. The summed E-state index contributed by atoms with van der Waals surface area (Å²) in [6.45, 7) is 6.03. The average Bonchev–Trinajstić information content (AvgIpc) is 2.80. The van der Waals surface area contributed by atoms with Gasteiger partial charge in [-0.1, -0.05) is 110 Å². The van der Waals surface area contributed by atoms with Crippen LogP contribution in [0.5, 0.6) is 0 Å². The minimum absolute atomic E-state index is 0.870. The number of nitrogens with zero attached hydrogens (tertiary/aromatic N) is 1. The van der Waals surface area contributed by atoms with Gasteiger partial charge >= 0.3 is 0 Å². The van der Waals surface area contributed by atoms with Crippen molar-refractivity contribution in [3.05, 3.63) is 144 Å². The zero-order valence-electron chi connectivity index (χ0n) is 16.5. The van der Waals surface area contributed by atoms with Gasteiger partial charge in [-0.15, -0.1) is 0 Å². The van der Waals surface area contributed by atoms with Gasteiger partial charge in [-0.05, 0) is 40.0 Å². The zero-order chi connectivity index (χ0) is 19.9. The van der Waals surface area contributed by atoms with Crippen LogP contribution >= 0.6 is 0 Å². The smallest absolute Gasteiger partial charge is 0.0433 e. The van der Waals surface area contributed by atoms with Crippen LogP contribution in [0, 0.1) is 0 Å². The molecule has 0 amide bonds. The standard InChI is InChI=1S/C28H25N/c1-23(26-15-9-4-10-16-26)27-17-19-28(20-18-27)29(21-24-11-5-2-6-12-24)22-25-13-7-3-8-14-25/h2-20H,1,21-22H2. The van der Waals surface area contributed by atoms with Crippen molar-refractivity contribution in [2.24, 2.45) is 0 Å².